The van der Waals surface area contributed by atoms with E-state index in [9.17, 15) is 4.39 Å². The van der Waals surface area contributed by atoms with Crippen LogP contribution in [0, 0.1) is 11.7 Å². The molecule has 1 aliphatic carbocycles. The van der Waals surface area contributed by atoms with Crippen LogP contribution in [0.15, 0.2) is 16.6 Å². The van der Waals surface area contributed by atoms with Crippen molar-refractivity contribution in [1.82, 2.24) is 0 Å². The van der Waals surface area contributed by atoms with Crippen molar-refractivity contribution < 1.29 is 4.39 Å². The van der Waals surface area contributed by atoms with E-state index < -0.39 is 0 Å². The Morgan fingerprint density at radius 3 is 2.79 bits per heavy atom. The third-order valence-electron chi connectivity index (χ3n) is 4.02. The molecular weight excluding hydrogens is 329 g/mol. The van der Waals surface area contributed by atoms with Crippen molar-refractivity contribution in [3.05, 3.63) is 27.4 Å². The van der Waals surface area contributed by atoms with Crippen LogP contribution in [0.1, 0.15) is 45.4 Å². The molecular formula is C15H20BrClFN. The van der Waals surface area contributed by atoms with Gasteiger partial charge in [0.1, 0.15) is 5.82 Å². The van der Waals surface area contributed by atoms with Gasteiger partial charge in [-0.15, -0.1) is 0 Å². The van der Waals surface area contributed by atoms with E-state index in [1.54, 1.807) is 0 Å². The first-order valence-corrected chi connectivity index (χ1v) is 8.18. The first-order chi connectivity index (χ1) is 9.10. The Morgan fingerprint density at radius 2 is 2.11 bits per heavy atom. The highest BCUT2D eigenvalue weighted by atomic mass is 79.9. The van der Waals surface area contributed by atoms with Gasteiger partial charge in [-0.25, -0.2) is 4.39 Å². The summed E-state index contributed by atoms with van der Waals surface area (Å²) in [6, 6.07) is 3.26. The van der Waals surface area contributed by atoms with Gasteiger partial charge in [-0.2, -0.15) is 0 Å². The molecule has 0 heterocycles. The molecule has 0 bridgehead atoms. The molecule has 1 N–H and O–H groups in total. The minimum atomic E-state index is -0.311. The molecule has 19 heavy (non-hydrogen) atoms. The summed E-state index contributed by atoms with van der Waals surface area (Å²) in [6.07, 6.45) is 7.45. The van der Waals surface area contributed by atoms with E-state index >= 15 is 0 Å². The fourth-order valence-corrected chi connectivity index (χ4v) is 3.74. The van der Waals surface area contributed by atoms with Gasteiger partial charge in [0.05, 0.1) is 10.7 Å². The normalized spacial score (nSPS) is 24.0. The zero-order valence-electron chi connectivity index (χ0n) is 11.2. The maximum Gasteiger partial charge on any atom is 0.125 e. The lowest BCUT2D eigenvalue weighted by Crippen LogP contribution is -2.19. The molecule has 106 valence electrons. The zero-order chi connectivity index (χ0) is 13.8. The first kappa shape index (κ1) is 15.1. The van der Waals surface area contributed by atoms with Crippen molar-refractivity contribution in [3.8, 4) is 0 Å². The molecule has 0 radical (unpaired) electrons. The number of hydrogen-bond acceptors (Lipinski definition) is 1. The Labute approximate surface area is 128 Å². The molecule has 1 nitrogen and oxygen atoms in total. The van der Waals surface area contributed by atoms with Crippen LogP contribution in [0.25, 0.3) is 0 Å². The second kappa shape index (κ2) is 6.94. The predicted octanol–water partition coefficient (Wildman–Crippen LogP) is 6.01. The van der Waals surface area contributed by atoms with Gasteiger partial charge in [0.15, 0.2) is 0 Å². The van der Waals surface area contributed by atoms with Gasteiger partial charge in [-0.1, -0.05) is 37.8 Å². The quantitative estimate of drug-likeness (QED) is 0.659. The van der Waals surface area contributed by atoms with Crippen molar-refractivity contribution in [2.45, 2.75) is 51.5 Å². The molecule has 2 unspecified atom stereocenters. The van der Waals surface area contributed by atoms with E-state index in [1.165, 1.54) is 44.2 Å². The highest BCUT2D eigenvalue weighted by Crippen LogP contribution is 2.34. The van der Waals surface area contributed by atoms with Gasteiger partial charge in [-0.3, -0.25) is 0 Å². The van der Waals surface area contributed by atoms with E-state index in [2.05, 4.69) is 28.2 Å². The van der Waals surface area contributed by atoms with Crippen molar-refractivity contribution in [1.29, 1.82) is 0 Å². The number of hydrogen-bond donors (Lipinski definition) is 1. The van der Waals surface area contributed by atoms with Gasteiger partial charge >= 0.3 is 0 Å². The van der Waals surface area contributed by atoms with Gasteiger partial charge in [0.25, 0.3) is 0 Å². The summed E-state index contributed by atoms with van der Waals surface area (Å²) in [5.41, 5.74) is 0.822. The number of halogens is 3. The molecule has 2 atom stereocenters. The van der Waals surface area contributed by atoms with Gasteiger partial charge in [-0.05, 0) is 53.2 Å². The van der Waals surface area contributed by atoms with E-state index in [-0.39, 0.29) is 5.82 Å². The summed E-state index contributed by atoms with van der Waals surface area (Å²) in [7, 11) is 0. The average molecular weight is 349 g/mol. The first-order valence-electron chi connectivity index (χ1n) is 7.01. The molecule has 2 rings (SSSR count). The molecule has 1 aromatic rings. The Kier molecular flexibility index (Phi) is 5.52. The summed E-state index contributed by atoms with van der Waals surface area (Å²) in [4.78, 5) is 0. The fraction of sp³-hybridized carbons (Fsp3) is 0.600. The third kappa shape index (κ3) is 4.09. The van der Waals surface area contributed by atoms with E-state index in [4.69, 9.17) is 11.6 Å². The lowest BCUT2D eigenvalue weighted by Gasteiger charge is -2.20. The topological polar surface area (TPSA) is 12.0 Å². The molecule has 0 saturated heterocycles. The maximum atomic E-state index is 13.2. The highest BCUT2D eigenvalue weighted by Gasteiger charge is 2.19. The Morgan fingerprint density at radius 1 is 1.32 bits per heavy atom. The van der Waals surface area contributed by atoms with Crippen molar-refractivity contribution in [2.24, 2.45) is 5.92 Å². The summed E-state index contributed by atoms with van der Waals surface area (Å²) in [5.74, 6) is 0.549. The largest absolute Gasteiger partial charge is 0.380 e. The molecule has 0 spiro atoms. The van der Waals surface area contributed by atoms with Crippen LogP contribution >= 0.6 is 27.5 Å². The number of anilines is 1. The smallest absolute Gasteiger partial charge is 0.125 e. The lowest BCUT2D eigenvalue weighted by atomic mass is 9.98. The lowest BCUT2D eigenvalue weighted by molar-refractivity contribution is 0.444. The van der Waals surface area contributed by atoms with Crippen LogP contribution in [0.5, 0.6) is 0 Å². The molecule has 0 aromatic heterocycles. The standard InChI is InChI=1S/C15H20BrClFN/c1-2-10-4-3-5-12(7-6-10)19-15-13(16)8-11(18)9-14(15)17/h8-10,12,19H,2-7H2,1H3. The Hall–Kier alpha value is -0.280. The van der Waals surface area contributed by atoms with Crippen LogP contribution in [0.3, 0.4) is 0 Å². The molecule has 0 amide bonds. The van der Waals surface area contributed by atoms with E-state index in [0.29, 0.717) is 15.5 Å². The second-order valence-corrected chi connectivity index (χ2v) is 6.63. The average Bonchev–Trinajstić information content (AvgIpc) is 2.58. The summed E-state index contributed by atoms with van der Waals surface area (Å²) < 4.78 is 13.9. The van der Waals surface area contributed by atoms with Crippen LogP contribution in [-0.4, -0.2) is 6.04 Å². The summed E-state index contributed by atoms with van der Waals surface area (Å²) in [6.45, 7) is 2.27. The molecule has 1 fully saturated rings. The number of rotatable bonds is 3. The minimum absolute atomic E-state index is 0.311. The molecule has 1 saturated carbocycles. The molecule has 1 aliphatic rings. The monoisotopic (exact) mass is 347 g/mol. The van der Waals surface area contributed by atoms with Crippen LogP contribution in [0.2, 0.25) is 5.02 Å². The van der Waals surface area contributed by atoms with E-state index in [0.717, 1.165) is 18.0 Å². The van der Waals surface area contributed by atoms with Crippen molar-refractivity contribution in [3.63, 3.8) is 0 Å². The Balaban J connectivity index is 2.05. The fourth-order valence-electron chi connectivity index (χ4n) is 2.82. The Bertz CT molecular complexity index is 415. The van der Waals surface area contributed by atoms with E-state index in [1.807, 2.05) is 0 Å². The zero-order valence-corrected chi connectivity index (χ0v) is 13.5. The minimum Gasteiger partial charge on any atom is -0.380 e. The SMILES string of the molecule is CCC1CCCC(Nc2c(Cl)cc(F)cc2Br)CC1. The number of benzene rings is 1. The number of nitrogens with one attached hydrogen (secondary N) is 1. The highest BCUT2D eigenvalue weighted by molar-refractivity contribution is 9.10. The van der Waals surface area contributed by atoms with Crippen molar-refractivity contribution in [2.75, 3.05) is 5.32 Å². The molecule has 0 aliphatic heterocycles. The second-order valence-electron chi connectivity index (χ2n) is 5.37. The van der Waals surface area contributed by atoms with Gasteiger partial charge < -0.3 is 5.32 Å². The van der Waals surface area contributed by atoms with Gasteiger partial charge in [0, 0.05) is 10.5 Å². The summed E-state index contributed by atoms with van der Waals surface area (Å²) >= 11 is 9.50. The summed E-state index contributed by atoms with van der Waals surface area (Å²) in [5, 5.41) is 3.93. The van der Waals surface area contributed by atoms with Crippen LogP contribution in [0.4, 0.5) is 10.1 Å². The maximum absolute atomic E-state index is 13.2. The molecule has 4 heteroatoms. The van der Waals surface area contributed by atoms with Gasteiger partial charge in [0.2, 0.25) is 0 Å². The van der Waals surface area contributed by atoms with Crippen LogP contribution < -0.4 is 5.32 Å². The van der Waals surface area contributed by atoms with Crippen LogP contribution in [-0.2, 0) is 0 Å². The predicted molar refractivity (Wildman–Crippen MR) is 83.4 cm³/mol. The molecule has 1 aromatic carbocycles. The third-order valence-corrected chi connectivity index (χ3v) is 4.94. The van der Waals surface area contributed by atoms with Crippen molar-refractivity contribution >= 4 is 33.2 Å².